The van der Waals surface area contributed by atoms with E-state index in [4.69, 9.17) is 0 Å². The molecule has 0 saturated heterocycles. The number of carbonyl (C=O) groups is 1. The standard InChI is InChI=1S/C16H18N6OS2/c1-5-24-16-20-19-15(25-16)17-14(23)13-11(4)22(21-18-13)12-7-9(2)6-10(3)8-12/h6-8H,5H2,1-4H3,(H,17,19,23). The Morgan fingerprint density at radius 2 is 1.88 bits per heavy atom. The second-order valence-corrected chi connectivity index (χ2v) is 8.03. The summed E-state index contributed by atoms with van der Waals surface area (Å²) in [4.78, 5) is 12.5. The molecule has 2 aromatic heterocycles. The van der Waals surface area contributed by atoms with Crippen LogP contribution >= 0.6 is 23.1 Å². The third-order valence-electron chi connectivity index (χ3n) is 3.46. The van der Waals surface area contributed by atoms with E-state index in [0.717, 1.165) is 26.9 Å². The minimum atomic E-state index is -0.336. The van der Waals surface area contributed by atoms with Gasteiger partial charge >= 0.3 is 0 Å². The van der Waals surface area contributed by atoms with Crippen LogP contribution in [0.25, 0.3) is 5.69 Å². The van der Waals surface area contributed by atoms with E-state index in [1.807, 2.05) is 39.8 Å². The second-order valence-electron chi connectivity index (χ2n) is 5.54. The van der Waals surface area contributed by atoms with E-state index in [9.17, 15) is 4.79 Å². The van der Waals surface area contributed by atoms with E-state index in [-0.39, 0.29) is 11.6 Å². The maximum atomic E-state index is 12.5. The van der Waals surface area contributed by atoms with Crippen molar-refractivity contribution in [2.45, 2.75) is 32.0 Å². The molecule has 3 rings (SSSR count). The van der Waals surface area contributed by atoms with Gasteiger partial charge in [-0.05, 0) is 49.8 Å². The molecule has 0 saturated carbocycles. The van der Waals surface area contributed by atoms with Crippen molar-refractivity contribution in [2.24, 2.45) is 0 Å². The Bertz CT molecular complexity index is 897. The third kappa shape index (κ3) is 3.88. The van der Waals surface area contributed by atoms with Crippen molar-refractivity contribution < 1.29 is 4.79 Å². The van der Waals surface area contributed by atoms with Crippen LogP contribution in [0.2, 0.25) is 0 Å². The van der Waals surface area contributed by atoms with E-state index in [2.05, 4.69) is 31.9 Å². The molecule has 0 aliphatic heterocycles. The van der Waals surface area contributed by atoms with Crippen LogP contribution in [0.5, 0.6) is 0 Å². The molecule has 25 heavy (non-hydrogen) atoms. The number of benzene rings is 1. The molecule has 0 aliphatic carbocycles. The van der Waals surface area contributed by atoms with E-state index >= 15 is 0 Å². The van der Waals surface area contributed by atoms with Crippen molar-refractivity contribution in [3.05, 3.63) is 40.7 Å². The maximum absolute atomic E-state index is 12.5. The van der Waals surface area contributed by atoms with Crippen molar-refractivity contribution >= 4 is 34.1 Å². The van der Waals surface area contributed by atoms with Crippen LogP contribution in [0.15, 0.2) is 22.5 Å². The lowest BCUT2D eigenvalue weighted by atomic mass is 10.1. The lowest BCUT2D eigenvalue weighted by molar-refractivity contribution is 0.102. The van der Waals surface area contributed by atoms with Crippen molar-refractivity contribution in [3.63, 3.8) is 0 Å². The number of carbonyl (C=O) groups excluding carboxylic acids is 1. The predicted octanol–water partition coefficient (Wildman–Crippen LogP) is 3.41. The Kier molecular flexibility index (Phi) is 5.14. The van der Waals surface area contributed by atoms with E-state index in [0.29, 0.717) is 10.8 Å². The van der Waals surface area contributed by atoms with E-state index in [1.54, 1.807) is 16.4 Å². The van der Waals surface area contributed by atoms with Gasteiger partial charge in [-0.3, -0.25) is 10.1 Å². The molecule has 0 radical (unpaired) electrons. The molecule has 0 fully saturated rings. The molecule has 3 aromatic rings. The van der Waals surface area contributed by atoms with Gasteiger partial charge in [0.1, 0.15) is 0 Å². The number of amides is 1. The van der Waals surface area contributed by atoms with Crippen molar-refractivity contribution in [2.75, 3.05) is 11.1 Å². The molecular formula is C16H18N6OS2. The topological polar surface area (TPSA) is 85.6 Å². The molecule has 1 amide bonds. The Hall–Kier alpha value is -2.26. The summed E-state index contributed by atoms with van der Waals surface area (Å²) in [5, 5.41) is 19.4. The predicted molar refractivity (Wildman–Crippen MR) is 99.8 cm³/mol. The molecular weight excluding hydrogens is 356 g/mol. The van der Waals surface area contributed by atoms with Crippen LogP contribution in [0.1, 0.15) is 34.2 Å². The molecule has 130 valence electrons. The molecule has 0 spiro atoms. The lowest BCUT2D eigenvalue weighted by Gasteiger charge is -2.06. The Morgan fingerprint density at radius 3 is 2.56 bits per heavy atom. The SMILES string of the molecule is CCSc1nnc(NC(=O)c2nnn(-c3cc(C)cc(C)c3)c2C)s1. The first-order valence-electron chi connectivity index (χ1n) is 7.76. The Labute approximate surface area is 153 Å². The lowest BCUT2D eigenvalue weighted by Crippen LogP contribution is -2.14. The normalized spacial score (nSPS) is 10.9. The fraction of sp³-hybridized carbons (Fsp3) is 0.312. The van der Waals surface area contributed by atoms with Crippen LogP contribution < -0.4 is 5.32 Å². The zero-order valence-electron chi connectivity index (χ0n) is 14.4. The molecule has 0 aliphatic rings. The smallest absolute Gasteiger partial charge is 0.279 e. The molecule has 1 aromatic carbocycles. The van der Waals surface area contributed by atoms with Gasteiger partial charge in [0, 0.05) is 0 Å². The summed E-state index contributed by atoms with van der Waals surface area (Å²) in [5.74, 6) is 0.573. The largest absolute Gasteiger partial charge is 0.295 e. The molecule has 0 unspecified atom stereocenters. The van der Waals surface area contributed by atoms with E-state index in [1.165, 1.54) is 11.3 Å². The first kappa shape index (κ1) is 17.6. The number of nitrogens with one attached hydrogen (secondary N) is 1. The summed E-state index contributed by atoms with van der Waals surface area (Å²) >= 11 is 2.93. The minimum absolute atomic E-state index is 0.277. The Balaban J connectivity index is 1.83. The van der Waals surface area contributed by atoms with Crippen LogP contribution in [0, 0.1) is 20.8 Å². The van der Waals surface area contributed by atoms with Crippen molar-refractivity contribution in [3.8, 4) is 5.69 Å². The van der Waals surface area contributed by atoms with Gasteiger partial charge in [-0.15, -0.1) is 15.3 Å². The molecule has 2 heterocycles. The number of anilines is 1. The number of thioether (sulfide) groups is 1. The van der Waals surface area contributed by atoms with Crippen molar-refractivity contribution in [1.82, 2.24) is 25.2 Å². The highest BCUT2D eigenvalue weighted by Gasteiger charge is 2.19. The highest BCUT2D eigenvalue weighted by atomic mass is 32.2. The van der Waals surface area contributed by atoms with Crippen LogP contribution in [-0.2, 0) is 0 Å². The van der Waals surface area contributed by atoms with Gasteiger partial charge in [0.15, 0.2) is 10.0 Å². The summed E-state index contributed by atoms with van der Waals surface area (Å²) in [5.41, 5.74) is 4.10. The van der Waals surface area contributed by atoms with Gasteiger partial charge in [0.05, 0.1) is 11.4 Å². The average Bonchev–Trinajstić information content (AvgIpc) is 3.13. The van der Waals surface area contributed by atoms with Crippen LogP contribution in [-0.4, -0.2) is 36.9 Å². The molecule has 7 nitrogen and oxygen atoms in total. The fourth-order valence-electron chi connectivity index (χ4n) is 2.46. The summed E-state index contributed by atoms with van der Waals surface area (Å²) < 4.78 is 2.50. The number of nitrogens with zero attached hydrogens (tertiary/aromatic N) is 5. The number of hydrogen-bond acceptors (Lipinski definition) is 7. The highest BCUT2D eigenvalue weighted by molar-refractivity contribution is 8.01. The summed E-state index contributed by atoms with van der Waals surface area (Å²) in [6.07, 6.45) is 0. The average molecular weight is 374 g/mol. The zero-order chi connectivity index (χ0) is 18.0. The molecule has 0 atom stereocenters. The summed E-state index contributed by atoms with van der Waals surface area (Å²) in [6, 6.07) is 6.11. The second kappa shape index (κ2) is 7.32. The van der Waals surface area contributed by atoms with Gasteiger partial charge < -0.3 is 0 Å². The quantitative estimate of drug-likeness (QED) is 0.544. The van der Waals surface area contributed by atoms with E-state index < -0.39 is 0 Å². The number of hydrogen-bond donors (Lipinski definition) is 1. The van der Waals surface area contributed by atoms with Crippen LogP contribution in [0.4, 0.5) is 5.13 Å². The molecule has 9 heteroatoms. The van der Waals surface area contributed by atoms with Gasteiger partial charge in [-0.1, -0.05) is 41.3 Å². The number of aryl methyl sites for hydroxylation is 2. The highest BCUT2D eigenvalue weighted by Crippen LogP contribution is 2.25. The first-order chi connectivity index (χ1) is 12.0. The fourth-order valence-corrected chi connectivity index (χ4v) is 4.10. The minimum Gasteiger partial charge on any atom is -0.295 e. The van der Waals surface area contributed by atoms with Crippen LogP contribution in [0.3, 0.4) is 0 Å². The number of rotatable bonds is 5. The molecule has 0 bridgehead atoms. The van der Waals surface area contributed by atoms with Gasteiger partial charge in [0.2, 0.25) is 5.13 Å². The molecule has 1 N–H and O–H groups in total. The monoisotopic (exact) mass is 374 g/mol. The van der Waals surface area contributed by atoms with Gasteiger partial charge in [-0.2, -0.15) is 0 Å². The Morgan fingerprint density at radius 1 is 1.16 bits per heavy atom. The summed E-state index contributed by atoms with van der Waals surface area (Å²) in [6.45, 7) is 7.92. The van der Waals surface area contributed by atoms with Gasteiger partial charge in [-0.25, -0.2) is 4.68 Å². The number of aromatic nitrogens is 5. The zero-order valence-corrected chi connectivity index (χ0v) is 16.0. The van der Waals surface area contributed by atoms with Crippen molar-refractivity contribution in [1.29, 1.82) is 0 Å². The first-order valence-corrected chi connectivity index (χ1v) is 9.56. The maximum Gasteiger partial charge on any atom is 0.279 e. The van der Waals surface area contributed by atoms with Gasteiger partial charge in [0.25, 0.3) is 5.91 Å². The summed E-state index contributed by atoms with van der Waals surface area (Å²) in [7, 11) is 0. The third-order valence-corrected chi connectivity index (χ3v) is 5.31.